The summed E-state index contributed by atoms with van der Waals surface area (Å²) in [4.78, 5) is 20.7. The van der Waals surface area contributed by atoms with E-state index in [9.17, 15) is 4.79 Å². The second kappa shape index (κ2) is 6.55. The number of carbonyl (C=O) groups excluding carboxylic acids is 1. The van der Waals surface area contributed by atoms with Crippen molar-refractivity contribution in [2.24, 2.45) is 5.84 Å². The third-order valence-corrected chi connectivity index (χ3v) is 3.84. The molecule has 0 atom stereocenters. The summed E-state index contributed by atoms with van der Waals surface area (Å²) in [5, 5.41) is 3.58. The van der Waals surface area contributed by atoms with E-state index in [0.29, 0.717) is 11.6 Å². The summed E-state index contributed by atoms with van der Waals surface area (Å²) in [7, 11) is 0. The molecule has 0 spiro atoms. The van der Waals surface area contributed by atoms with Gasteiger partial charge >= 0.3 is 0 Å². The highest BCUT2D eigenvalue weighted by molar-refractivity contribution is 7.99. The topological polar surface area (TPSA) is 92.9 Å². The normalized spacial score (nSPS) is 10.3. The molecule has 6 nitrogen and oxygen atoms in total. The van der Waals surface area contributed by atoms with Gasteiger partial charge in [-0.05, 0) is 38.1 Å². The molecule has 1 heterocycles. The van der Waals surface area contributed by atoms with E-state index in [1.165, 1.54) is 18.7 Å². The zero-order chi connectivity index (χ0) is 15.4. The van der Waals surface area contributed by atoms with Crippen molar-refractivity contribution < 1.29 is 4.79 Å². The predicted molar refractivity (Wildman–Crippen MR) is 84.2 cm³/mol. The van der Waals surface area contributed by atoms with Gasteiger partial charge in [0.1, 0.15) is 16.7 Å². The fourth-order valence-corrected chi connectivity index (χ4v) is 2.69. The maximum absolute atomic E-state index is 11.0. The lowest BCUT2D eigenvalue weighted by atomic mass is 10.3. The standard InChI is InChI=1S/C14H17N5OS/c1-8-13(19-15)16-9(2)17-14(8)21-12-6-4-11(5-7-12)18-10(3)20/h4-7H,15H2,1-3H3,(H,18,20)(H,16,17,19). The van der Waals surface area contributed by atoms with Gasteiger partial charge in [-0.2, -0.15) is 0 Å². The van der Waals surface area contributed by atoms with Gasteiger partial charge in [-0.15, -0.1) is 0 Å². The first-order valence-electron chi connectivity index (χ1n) is 6.37. The number of aryl methyl sites for hydroxylation is 1. The second-order valence-corrected chi connectivity index (χ2v) is 5.56. The van der Waals surface area contributed by atoms with E-state index in [1.54, 1.807) is 0 Å². The van der Waals surface area contributed by atoms with Crippen molar-refractivity contribution in [2.75, 3.05) is 10.7 Å². The zero-order valence-electron chi connectivity index (χ0n) is 12.1. The number of nitrogen functional groups attached to an aromatic ring is 1. The highest BCUT2D eigenvalue weighted by Crippen LogP contribution is 2.31. The van der Waals surface area contributed by atoms with Crippen molar-refractivity contribution >= 4 is 29.2 Å². The molecule has 0 aliphatic carbocycles. The molecule has 110 valence electrons. The lowest BCUT2D eigenvalue weighted by molar-refractivity contribution is -0.114. The lowest BCUT2D eigenvalue weighted by Crippen LogP contribution is -2.12. The van der Waals surface area contributed by atoms with Crippen LogP contribution in [0.1, 0.15) is 18.3 Å². The van der Waals surface area contributed by atoms with Crippen LogP contribution < -0.4 is 16.6 Å². The van der Waals surface area contributed by atoms with Crippen LogP contribution in [0.5, 0.6) is 0 Å². The van der Waals surface area contributed by atoms with Gasteiger partial charge in [0.25, 0.3) is 0 Å². The Morgan fingerprint density at radius 1 is 1.19 bits per heavy atom. The minimum absolute atomic E-state index is 0.0867. The number of anilines is 2. The van der Waals surface area contributed by atoms with Gasteiger partial charge in [0, 0.05) is 23.1 Å². The van der Waals surface area contributed by atoms with E-state index in [0.717, 1.165) is 21.2 Å². The Kier molecular flexibility index (Phi) is 4.77. The van der Waals surface area contributed by atoms with Gasteiger partial charge < -0.3 is 10.7 Å². The number of amides is 1. The number of aromatic nitrogens is 2. The maximum atomic E-state index is 11.0. The molecule has 0 bridgehead atoms. The van der Waals surface area contributed by atoms with Crippen LogP contribution in [-0.2, 0) is 4.79 Å². The third-order valence-electron chi connectivity index (χ3n) is 2.74. The fourth-order valence-electron chi connectivity index (χ4n) is 1.76. The molecule has 0 unspecified atom stereocenters. The SMILES string of the molecule is CC(=O)Nc1ccc(Sc2nc(C)nc(NN)c2C)cc1. The molecule has 0 fully saturated rings. The summed E-state index contributed by atoms with van der Waals surface area (Å²) >= 11 is 1.53. The first-order chi connectivity index (χ1) is 9.99. The highest BCUT2D eigenvalue weighted by Gasteiger charge is 2.10. The van der Waals surface area contributed by atoms with Gasteiger partial charge in [0.05, 0.1) is 0 Å². The number of carbonyl (C=O) groups is 1. The highest BCUT2D eigenvalue weighted by atomic mass is 32.2. The Bertz CT molecular complexity index is 657. The van der Waals surface area contributed by atoms with Crippen LogP contribution in [0.3, 0.4) is 0 Å². The summed E-state index contributed by atoms with van der Waals surface area (Å²) in [6.07, 6.45) is 0. The van der Waals surface area contributed by atoms with E-state index in [4.69, 9.17) is 5.84 Å². The average Bonchev–Trinajstić information content (AvgIpc) is 2.44. The van der Waals surface area contributed by atoms with Crippen LogP contribution in [0.2, 0.25) is 0 Å². The Hall–Kier alpha value is -2.12. The Labute approximate surface area is 127 Å². The number of benzene rings is 1. The van der Waals surface area contributed by atoms with E-state index in [1.807, 2.05) is 38.1 Å². The molecule has 0 saturated carbocycles. The Balaban J connectivity index is 2.22. The number of hydrogen-bond acceptors (Lipinski definition) is 6. The molecular weight excluding hydrogens is 286 g/mol. The van der Waals surface area contributed by atoms with Gasteiger partial charge in [-0.3, -0.25) is 4.79 Å². The molecule has 0 radical (unpaired) electrons. The lowest BCUT2D eigenvalue weighted by Gasteiger charge is -2.10. The summed E-state index contributed by atoms with van der Waals surface area (Å²) in [6, 6.07) is 7.58. The van der Waals surface area contributed by atoms with Crippen molar-refractivity contribution in [1.29, 1.82) is 0 Å². The predicted octanol–water partition coefficient (Wildman–Crippen LogP) is 2.49. The summed E-state index contributed by atoms with van der Waals surface area (Å²) in [5.74, 6) is 6.65. The molecule has 0 aliphatic rings. The van der Waals surface area contributed by atoms with Gasteiger partial charge in [-0.25, -0.2) is 15.8 Å². The average molecular weight is 303 g/mol. The van der Waals surface area contributed by atoms with Crippen molar-refractivity contribution in [2.45, 2.75) is 30.7 Å². The molecule has 0 saturated heterocycles. The summed E-state index contributed by atoms with van der Waals surface area (Å²) < 4.78 is 0. The number of rotatable bonds is 4. The monoisotopic (exact) mass is 303 g/mol. The van der Waals surface area contributed by atoms with Crippen LogP contribution in [0, 0.1) is 13.8 Å². The Morgan fingerprint density at radius 3 is 2.43 bits per heavy atom. The number of nitrogens with one attached hydrogen (secondary N) is 2. The molecule has 21 heavy (non-hydrogen) atoms. The molecule has 2 rings (SSSR count). The second-order valence-electron chi connectivity index (χ2n) is 4.50. The van der Waals surface area contributed by atoms with Gasteiger partial charge in [0.2, 0.25) is 5.91 Å². The number of nitrogens with two attached hydrogens (primary N) is 1. The van der Waals surface area contributed by atoms with E-state index >= 15 is 0 Å². The number of nitrogens with zero attached hydrogens (tertiary/aromatic N) is 2. The fraction of sp³-hybridized carbons (Fsp3) is 0.214. The maximum Gasteiger partial charge on any atom is 0.221 e. The van der Waals surface area contributed by atoms with Crippen molar-refractivity contribution in [1.82, 2.24) is 9.97 Å². The smallest absolute Gasteiger partial charge is 0.221 e. The molecule has 0 aliphatic heterocycles. The Morgan fingerprint density at radius 2 is 1.86 bits per heavy atom. The number of hydrogen-bond donors (Lipinski definition) is 3. The minimum Gasteiger partial charge on any atom is -0.326 e. The molecule has 1 aromatic heterocycles. The molecule has 1 aromatic carbocycles. The van der Waals surface area contributed by atoms with Crippen molar-refractivity contribution in [3.05, 3.63) is 35.7 Å². The van der Waals surface area contributed by atoms with Crippen LogP contribution >= 0.6 is 11.8 Å². The first kappa shape index (κ1) is 15.3. The number of hydrazine groups is 1. The molecule has 4 N–H and O–H groups in total. The molecular formula is C14H17N5OS. The van der Waals surface area contributed by atoms with Gasteiger partial charge in [0.15, 0.2) is 0 Å². The quantitative estimate of drug-likeness (QED) is 0.456. The largest absolute Gasteiger partial charge is 0.326 e. The summed E-state index contributed by atoms with van der Waals surface area (Å²) in [5.41, 5.74) is 4.25. The zero-order valence-corrected chi connectivity index (χ0v) is 12.9. The third kappa shape index (κ3) is 3.93. The van der Waals surface area contributed by atoms with Crippen LogP contribution in [0.15, 0.2) is 34.2 Å². The first-order valence-corrected chi connectivity index (χ1v) is 7.18. The minimum atomic E-state index is -0.0867. The molecule has 2 aromatic rings. The molecule has 1 amide bonds. The van der Waals surface area contributed by atoms with Crippen molar-refractivity contribution in [3.8, 4) is 0 Å². The van der Waals surface area contributed by atoms with Crippen LogP contribution in [0.4, 0.5) is 11.5 Å². The van der Waals surface area contributed by atoms with E-state index in [-0.39, 0.29) is 5.91 Å². The van der Waals surface area contributed by atoms with Crippen LogP contribution in [0.25, 0.3) is 0 Å². The van der Waals surface area contributed by atoms with Crippen LogP contribution in [-0.4, -0.2) is 15.9 Å². The molecule has 7 heteroatoms. The summed E-state index contributed by atoms with van der Waals surface area (Å²) in [6.45, 7) is 5.23. The van der Waals surface area contributed by atoms with E-state index < -0.39 is 0 Å². The van der Waals surface area contributed by atoms with E-state index in [2.05, 4.69) is 20.7 Å². The van der Waals surface area contributed by atoms with Crippen molar-refractivity contribution in [3.63, 3.8) is 0 Å². The van der Waals surface area contributed by atoms with Gasteiger partial charge in [-0.1, -0.05) is 11.8 Å².